The Morgan fingerprint density at radius 1 is 1.12 bits per heavy atom. The predicted octanol–water partition coefficient (Wildman–Crippen LogP) is 4.64. The summed E-state index contributed by atoms with van der Waals surface area (Å²) >= 11 is 3.31. The van der Waals surface area contributed by atoms with Gasteiger partial charge in [0.2, 0.25) is 0 Å². The summed E-state index contributed by atoms with van der Waals surface area (Å²) in [5.74, 6) is -2.67. The van der Waals surface area contributed by atoms with Gasteiger partial charge in [0.15, 0.2) is 0 Å². The maximum absolute atomic E-state index is 13.0. The van der Waals surface area contributed by atoms with Gasteiger partial charge in [-0.1, -0.05) is 0 Å². The largest absolute Gasteiger partial charge is 0.490 e. The molecule has 1 spiro atoms. The number of halogens is 3. The van der Waals surface area contributed by atoms with Crippen molar-refractivity contribution < 1.29 is 27.9 Å². The number of fused-ring (bicyclic) bond motifs is 2. The fraction of sp³-hybridized carbons (Fsp3) is 0.318. The van der Waals surface area contributed by atoms with Crippen LogP contribution in [-0.4, -0.2) is 52.7 Å². The Morgan fingerprint density at radius 2 is 1.85 bits per heavy atom. The topological polar surface area (TPSA) is 73.7 Å². The van der Waals surface area contributed by atoms with Crippen LogP contribution in [0.15, 0.2) is 52.0 Å². The first-order chi connectivity index (χ1) is 15.7. The van der Waals surface area contributed by atoms with Crippen LogP contribution in [0.2, 0.25) is 0 Å². The summed E-state index contributed by atoms with van der Waals surface area (Å²) in [4.78, 5) is 31.1. The maximum atomic E-state index is 13.0. The van der Waals surface area contributed by atoms with Gasteiger partial charge in [0.1, 0.15) is 0 Å². The van der Waals surface area contributed by atoms with Gasteiger partial charge in [0.25, 0.3) is 5.91 Å². The minimum atomic E-state index is -5.08. The van der Waals surface area contributed by atoms with E-state index in [2.05, 4.69) is 21.7 Å². The average Bonchev–Trinajstić information content (AvgIpc) is 3.57. The van der Waals surface area contributed by atoms with Crippen molar-refractivity contribution in [3.8, 4) is 0 Å². The number of nitrogens with zero attached hydrogens (tertiary/aromatic N) is 3. The molecule has 1 fully saturated rings. The molecule has 0 saturated carbocycles. The number of hydrogen-bond donors (Lipinski definition) is 1. The number of pyridine rings is 1. The van der Waals surface area contributed by atoms with Crippen molar-refractivity contribution in [2.75, 3.05) is 24.5 Å². The van der Waals surface area contributed by atoms with Crippen LogP contribution in [0, 0.1) is 0 Å². The first kappa shape index (κ1) is 23.4. The highest BCUT2D eigenvalue weighted by molar-refractivity contribution is 7.08. The second-order valence-electron chi connectivity index (χ2n) is 7.95. The number of rotatable bonds is 3. The molecule has 0 bridgehead atoms. The second-order valence-corrected chi connectivity index (χ2v) is 9.51. The molecule has 3 aromatic heterocycles. The summed E-state index contributed by atoms with van der Waals surface area (Å²) in [6.07, 6.45) is -2.17. The van der Waals surface area contributed by atoms with E-state index in [1.807, 2.05) is 40.1 Å². The molecule has 1 unspecified atom stereocenters. The quantitative estimate of drug-likeness (QED) is 0.573. The van der Waals surface area contributed by atoms with Crippen LogP contribution in [-0.2, 0) is 16.8 Å². The Kier molecular flexibility index (Phi) is 6.55. The Hall–Kier alpha value is -2.76. The van der Waals surface area contributed by atoms with E-state index in [0.29, 0.717) is 0 Å². The zero-order valence-corrected chi connectivity index (χ0v) is 18.9. The molecule has 33 heavy (non-hydrogen) atoms. The van der Waals surface area contributed by atoms with Gasteiger partial charge in [0.05, 0.1) is 16.9 Å². The number of carbonyl (C=O) groups excluding carboxylic acids is 1. The number of carbonyl (C=O) groups is 2. The fourth-order valence-corrected chi connectivity index (χ4v) is 5.56. The Labute approximate surface area is 195 Å². The molecule has 1 amide bonds. The second kappa shape index (κ2) is 9.24. The molecule has 2 aliphatic rings. The fourth-order valence-electron chi connectivity index (χ4n) is 4.27. The normalized spacial score (nSPS) is 19.9. The van der Waals surface area contributed by atoms with Gasteiger partial charge >= 0.3 is 12.1 Å². The molecule has 0 aliphatic carbocycles. The number of aliphatic carboxylic acids is 1. The summed E-state index contributed by atoms with van der Waals surface area (Å²) in [6, 6.07) is 8.08. The first-order valence-corrected chi connectivity index (χ1v) is 11.9. The van der Waals surface area contributed by atoms with Gasteiger partial charge in [-0.15, -0.1) is 0 Å². The van der Waals surface area contributed by atoms with E-state index < -0.39 is 12.1 Å². The van der Waals surface area contributed by atoms with Gasteiger partial charge in [-0.3, -0.25) is 14.7 Å². The summed E-state index contributed by atoms with van der Waals surface area (Å²) in [7, 11) is 0. The van der Waals surface area contributed by atoms with E-state index >= 15 is 0 Å². The summed E-state index contributed by atoms with van der Waals surface area (Å²) in [5, 5.41) is 15.4. The van der Waals surface area contributed by atoms with Gasteiger partial charge in [-0.2, -0.15) is 35.8 Å². The monoisotopic (exact) mass is 495 g/mol. The third-order valence-corrected chi connectivity index (χ3v) is 7.13. The average molecular weight is 496 g/mol. The lowest BCUT2D eigenvalue weighted by molar-refractivity contribution is -0.192. The van der Waals surface area contributed by atoms with Crippen molar-refractivity contribution in [3.63, 3.8) is 0 Å². The van der Waals surface area contributed by atoms with E-state index in [0.717, 1.165) is 49.5 Å². The van der Waals surface area contributed by atoms with E-state index in [-0.39, 0.29) is 11.3 Å². The molecule has 6 nitrogen and oxygen atoms in total. The van der Waals surface area contributed by atoms with Gasteiger partial charge in [-0.25, -0.2) is 4.79 Å². The minimum absolute atomic E-state index is 0.0434. The third kappa shape index (κ3) is 4.94. The van der Waals surface area contributed by atoms with Crippen LogP contribution in [0.25, 0.3) is 0 Å². The van der Waals surface area contributed by atoms with E-state index in [1.54, 1.807) is 22.7 Å². The SMILES string of the molecule is O=C(O)C(F)(F)F.O=C(c1ccsc1)N1CC2(CCN(Cc3ccsc3)C2)c2ncccc21. The zero-order chi connectivity index (χ0) is 23.6. The first-order valence-electron chi connectivity index (χ1n) is 10.0. The number of alkyl halides is 3. The number of likely N-dealkylation sites (tertiary alicyclic amines) is 1. The van der Waals surface area contributed by atoms with Crippen molar-refractivity contribution in [3.05, 3.63) is 68.8 Å². The molecular weight excluding hydrogens is 475 g/mol. The number of amides is 1. The predicted molar refractivity (Wildman–Crippen MR) is 120 cm³/mol. The summed E-state index contributed by atoms with van der Waals surface area (Å²) in [6.45, 7) is 3.71. The van der Waals surface area contributed by atoms with Crippen molar-refractivity contribution >= 4 is 40.2 Å². The van der Waals surface area contributed by atoms with Crippen LogP contribution >= 0.6 is 22.7 Å². The molecule has 174 valence electrons. The minimum Gasteiger partial charge on any atom is -0.475 e. The maximum Gasteiger partial charge on any atom is 0.490 e. The van der Waals surface area contributed by atoms with Gasteiger partial charge < -0.3 is 10.0 Å². The molecular formula is C22H20F3N3O3S2. The Bertz CT molecular complexity index is 1120. The van der Waals surface area contributed by atoms with Crippen LogP contribution in [0.1, 0.15) is 28.0 Å². The summed E-state index contributed by atoms with van der Waals surface area (Å²) < 4.78 is 31.7. The van der Waals surface area contributed by atoms with Gasteiger partial charge in [0, 0.05) is 36.6 Å². The van der Waals surface area contributed by atoms with Gasteiger partial charge in [-0.05, 0) is 58.9 Å². The molecule has 1 atom stereocenters. The van der Waals surface area contributed by atoms with Crippen molar-refractivity contribution in [1.29, 1.82) is 0 Å². The van der Waals surface area contributed by atoms with Crippen molar-refractivity contribution in [1.82, 2.24) is 9.88 Å². The highest BCUT2D eigenvalue weighted by atomic mass is 32.1. The lowest BCUT2D eigenvalue weighted by Gasteiger charge is -2.25. The number of anilines is 1. The zero-order valence-electron chi connectivity index (χ0n) is 17.3. The lowest BCUT2D eigenvalue weighted by Crippen LogP contribution is -2.39. The molecule has 11 heteroatoms. The number of hydrogen-bond acceptors (Lipinski definition) is 6. The molecule has 1 N–H and O–H groups in total. The molecule has 5 heterocycles. The number of aromatic nitrogens is 1. The smallest absolute Gasteiger partial charge is 0.475 e. The highest BCUT2D eigenvalue weighted by Gasteiger charge is 2.50. The Morgan fingerprint density at radius 3 is 2.48 bits per heavy atom. The molecule has 0 aromatic carbocycles. The number of carboxylic acid groups (broad SMARTS) is 1. The van der Waals surface area contributed by atoms with Crippen LogP contribution in [0.3, 0.4) is 0 Å². The standard InChI is InChI=1S/C20H19N3OS2.C2HF3O2/c24-19(16-4-9-26-12-16)23-14-20(18-17(23)2-1-6-21-18)5-7-22(13-20)10-15-3-8-25-11-15;3-2(4,5)1(6)7/h1-4,6,8-9,11-12H,5,7,10,13-14H2;(H,6,7). The summed E-state index contributed by atoms with van der Waals surface area (Å²) in [5.41, 5.74) is 4.18. The number of thiophene rings is 2. The molecule has 2 aliphatic heterocycles. The molecule has 5 rings (SSSR count). The molecule has 1 saturated heterocycles. The van der Waals surface area contributed by atoms with Crippen molar-refractivity contribution in [2.45, 2.75) is 24.6 Å². The van der Waals surface area contributed by atoms with Crippen LogP contribution < -0.4 is 4.90 Å². The van der Waals surface area contributed by atoms with E-state index in [4.69, 9.17) is 14.9 Å². The molecule has 3 aromatic rings. The van der Waals surface area contributed by atoms with Crippen LogP contribution in [0.5, 0.6) is 0 Å². The van der Waals surface area contributed by atoms with E-state index in [9.17, 15) is 18.0 Å². The number of carboxylic acids is 1. The Balaban J connectivity index is 0.000000325. The molecule has 0 radical (unpaired) electrons. The van der Waals surface area contributed by atoms with Crippen molar-refractivity contribution in [2.24, 2.45) is 0 Å². The van der Waals surface area contributed by atoms with E-state index in [1.165, 1.54) is 5.56 Å². The third-order valence-electron chi connectivity index (χ3n) is 5.72. The van der Waals surface area contributed by atoms with Crippen LogP contribution in [0.4, 0.5) is 18.9 Å². The lowest BCUT2D eigenvalue weighted by atomic mass is 9.85. The highest BCUT2D eigenvalue weighted by Crippen LogP contribution is 2.45.